The van der Waals surface area contributed by atoms with Crippen molar-refractivity contribution in [2.75, 3.05) is 26.7 Å². The van der Waals surface area contributed by atoms with Crippen molar-refractivity contribution >= 4 is 0 Å². The molecular formula is C10H21FN2. The van der Waals surface area contributed by atoms with E-state index < -0.39 is 5.67 Å². The number of alkyl halides is 1. The number of hydrogen-bond acceptors (Lipinski definition) is 2. The van der Waals surface area contributed by atoms with Crippen LogP contribution in [-0.2, 0) is 0 Å². The molecule has 1 aliphatic rings. The molecular weight excluding hydrogens is 167 g/mol. The fourth-order valence-electron chi connectivity index (χ4n) is 2.13. The van der Waals surface area contributed by atoms with Crippen molar-refractivity contribution in [3.63, 3.8) is 0 Å². The maximum absolute atomic E-state index is 13.6. The van der Waals surface area contributed by atoms with E-state index in [2.05, 4.69) is 11.9 Å². The van der Waals surface area contributed by atoms with E-state index in [-0.39, 0.29) is 6.54 Å². The molecule has 0 spiro atoms. The average Bonchev–Trinajstić information content (AvgIpc) is 2.03. The van der Waals surface area contributed by atoms with E-state index in [1.165, 1.54) is 6.42 Å². The van der Waals surface area contributed by atoms with Crippen molar-refractivity contribution in [1.82, 2.24) is 4.90 Å². The Labute approximate surface area is 80.3 Å². The van der Waals surface area contributed by atoms with Crippen LogP contribution in [0, 0.1) is 5.92 Å². The van der Waals surface area contributed by atoms with Crippen LogP contribution in [0.1, 0.15) is 26.2 Å². The maximum atomic E-state index is 13.6. The second kappa shape index (κ2) is 4.38. The minimum Gasteiger partial charge on any atom is -0.328 e. The molecule has 0 bridgehead atoms. The van der Waals surface area contributed by atoms with Crippen LogP contribution in [0.2, 0.25) is 0 Å². The zero-order chi connectivity index (χ0) is 9.90. The molecule has 1 saturated heterocycles. The fraction of sp³-hybridized carbons (Fsp3) is 1.00. The van der Waals surface area contributed by atoms with Crippen LogP contribution in [0.25, 0.3) is 0 Å². The molecule has 1 heterocycles. The van der Waals surface area contributed by atoms with Crippen LogP contribution in [0.3, 0.4) is 0 Å². The Morgan fingerprint density at radius 2 is 2.31 bits per heavy atom. The molecule has 78 valence electrons. The first-order chi connectivity index (χ1) is 6.03. The normalized spacial score (nSPS) is 30.0. The first-order valence-corrected chi connectivity index (χ1v) is 5.11. The van der Waals surface area contributed by atoms with Gasteiger partial charge in [0.1, 0.15) is 5.67 Å². The summed E-state index contributed by atoms with van der Waals surface area (Å²) in [4.78, 5) is 2.28. The monoisotopic (exact) mass is 188 g/mol. The van der Waals surface area contributed by atoms with Gasteiger partial charge in [-0.05, 0) is 45.7 Å². The van der Waals surface area contributed by atoms with E-state index in [1.807, 2.05) is 0 Å². The molecule has 1 rings (SSSR count). The van der Waals surface area contributed by atoms with Gasteiger partial charge >= 0.3 is 0 Å². The lowest BCUT2D eigenvalue weighted by molar-refractivity contribution is 0.112. The quantitative estimate of drug-likeness (QED) is 0.725. The van der Waals surface area contributed by atoms with Crippen molar-refractivity contribution < 1.29 is 4.39 Å². The summed E-state index contributed by atoms with van der Waals surface area (Å²) in [6.45, 7) is 3.94. The number of nitrogens with two attached hydrogens (primary N) is 1. The summed E-state index contributed by atoms with van der Waals surface area (Å²) in [7, 11) is 2.10. The van der Waals surface area contributed by atoms with Crippen LogP contribution in [0.15, 0.2) is 0 Å². The summed E-state index contributed by atoms with van der Waals surface area (Å²) in [5.41, 5.74) is 4.21. The second-order valence-electron chi connectivity index (χ2n) is 4.59. The third-order valence-electron chi connectivity index (χ3n) is 2.86. The Morgan fingerprint density at radius 3 is 2.85 bits per heavy atom. The molecule has 1 aliphatic heterocycles. The minimum absolute atomic E-state index is 0.146. The second-order valence-corrected chi connectivity index (χ2v) is 4.59. The van der Waals surface area contributed by atoms with Gasteiger partial charge in [0.25, 0.3) is 0 Å². The predicted molar refractivity (Wildman–Crippen MR) is 53.4 cm³/mol. The molecule has 3 heteroatoms. The number of halogens is 1. The topological polar surface area (TPSA) is 29.3 Å². The van der Waals surface area contributed by atoms with Gasteiger partial charge in [0, 0.05) is 13.1 Å². The van der Waals surface area contributed by atoms with Crippen LogP contribution >= 0.6 is 0 Å². The standard InChI is InChI=1S/C10H21FN2/c1-10(11,8-12)6-9-4-3-5-13(2)7-9/h9H,3-8,12H2,1-2H3. The van der Waals surface area contributed by atoms with E-state index in [9.17, 15) is 4.39 Å². The van der Waals surface area contributed by atoms with Crippen LogP contribution in [-0.4, -0.2) is 37.3 Å². The number of rotatable bonds is 3. The van der Waals surface area contributed by atoms with Crippen molar-refractivity contribution in [3.05, 3.63) is 0 Å². The number of piperidine rings is 1. The SMILES string of the molecule is CN1CCCC(CC(C)(F)CN)C1. The number of nitrogens with zero attached hydrogens (tertiary/aromatic N) is 1. The van der Waals surface area contributed by atoms with Crippen LogP contribution in [0.5, 0.6) is 0 Å². The molecule has 0 aromatic rings. The van der Waals surface area contributed by atoms with E-state index >= 15 is 0 Å². The highest BCUT2D eigenvalue weighted by Gasteiger charge is 2.28. The Bertz CT molecular complexity index is 159. The predicted octanol–water partition coefficient (Wildman–Crippen LogP) is 1.41. The Hall–Kier alpha value is -0.150. The third-order valence-corrected chi connectivity index (χ3v) is 2.86. The molecule has 0 aromatic heterocycles. The Morgan fingerprint density at radius 1 is 1.62 bits per heavy atom. The summed E-state index contributed by atoms with van der Waals surface area (Å²) in [5, 5.41) is 0. The molecule has 0 aliphatic carbocycles. The van der Waals surface area contributed by atoms with E-state index in [1.54, 1.807) is 6.92 Å². The smallest absolute Gasteiger partial charge is 0.120 e. The number of likely N-dealkylation sites (tertiary alicyclic amines) is 1. The van der Waals surface area contributed by atoms with Gasteiger partial charge in [-0.1, -0.05) is 0 Å². The molecule has 13 heavy (non-hydrogen) atoms. The van der Waals surface area contributed by atoms with Gasteiger partial charge in [0.05, 0.1) is 0 Å². The summed E-state index contributed by atoms with van der Waals surface area (Å²) in [6, 6.07) is 0. The van der Waals surface area contributed by atoms with Crippen LogP contribution in [0.4, 0.5) is 4.39 Å². The lowest BCUT2D eigenvalue weighted by atomic mass is 9.87. The first-order valence-electron chi connectivity index (χ1n) is 5.11. The van der Waals surface area contributed by atoms with Gasteiger partial charge in [0.2, 0.25) is 0 Å². The van der Waals surface area contributed by atoms with Gasteiger partial charge < -0.3 is 10.6 Å². The highest BCUT2D eigenvalue weighted by molar-refractivity contribution is 4.81. The molecule has 0 saturated carbocycles. The first kappa shape index (κ1) is 10.9. The highest BCUT2D eigenvalue weighted by atomic mass is 19.1. The largest absolute Gasteiger partial charge is 0.328 e. The third kappa shape index (κ3) is 3.61. The number of hydrogen-bond donors (Lipinski definition) is 1. The summed E-state index contributed by atoms with van der Waals surface area (Å²) in [6.07, 6.45) is 2.97. The minimum atomic E-state index is -1.16. The Kier molecular flexibility index (Phi) is 3.68. The molecule has 2 unspecified atom stereocenters. The Balaban J connectivity index is 2.35. The van der Waals surface area contributed by atoms with Crippen LogP contribution < -0.4 is 5.73 Å². The van der Waals surface area contributed by atoms with Gasteiger partial charge in [0.15, 0.2) is 0 Å². The zero-order valence-corrected chi connectivity index (χ0v) is 8.72. The van der Waals surface area contributed by atoms with Gasteiger partial charge in [-0.15, -0.1) is 0 Å². The molecule has 2 N–H and O–H groups in total. The van der Waals surface area contributed by atoms with E-state index in [4.69, 9.17) is 5.73 Å². The molecule has 1 fully saturated rings. The van der Waals surface area contributed by atoms with Crippen molar-refractivity contribution in [2.24, 2.45) is 11.7 Å². The molecule has 0 amide bonds. The van der Waals surface area contributed by atoms with E-state index in [0.717, 1.165) is 19.5 Å². The summed E-state index contributed by atoms with van der Waals surface area (Å²) >= 11 is 0. The maximum Gasteiger partial charge on any atom is 0.120 e. The van der Waals surface area contributed by atoms with E-state index in [0.29, 0.717) is 12.3 Å². The van der Waals surface area contributed by atoms with Gasteiger partial charge in [-0.25, -0.2) is 4.39 Å². The lowest BCUT2D eigenvalue weighted by Gasteiger charge is -2.33. The lowest BCUT2D eigenvalue weighted by Crippen LogP contribution is -2.38. The van der Waals surface area contributed by atoms with Gasteiger partial charge in [-0.2, -0.15) is 0 Å². The fourth-order valence-corrected chi connectivity index (χ4v) is 2.13. The molecule has 2 nitrogen and oxygen atoms in total. The molecule has 0 aromatic carbocycles. The zero-order valence-electron chi connectivity index (χ0n) is 8.72. The van der Waals surface area contributed by atoms with Crippen molar-refractivity contribution in [1.29, 1.82) is 0 Å². The summed E-state index contributed by atoms with van der Waals surface area (Å²) in [5.74, 6) is 0.497. The van der Waals surface area contributed by atoms with Gasteiger partial charge in [-0.3, -0.25) is 0 Å². The van der Waals surface area contributed by atoms with Crippen molar-refractivity contribution in [2.45, 2.75) is 31.9 Å². The average molecular weight is 188 g/mol. The van der Waals surface area contributed by atoms with Crippen molar-refractivity contribution in [3.8, 4) is 0 Å². The molecule has 0 radical (unpaired) electrons. The summed E-state index contributed by atoms with van der Waals surface area (Å²) < 4.78 is 13.6. The highest BCUT2D eigenvalue weighted by Crippen LogP contribution is 2.26. The molecule has 2 atom stereocenters.